The monoisotopic (exact) mass is 482 g/mol. The number of para-hydroxylation sites is 1. The third kappa shape index (κ3) is 3.21. The molecular weight excluding hydrogens is 452 g/mol. The standard InChI is InChI=1S/C26H30N2O7/c1-25(2,3)35-24(32)28-17-9-7-6-8-15(17)16-10-11-27-13-14-12-26(20(16)28,23(31)34-5)21(27)19(29)18(14)22(30)33-4/h6-9,14,21,29H,10-13H2,1-5H3. The van der Waals surface area contributed by atoms with Crippen molar-refractivity contribution in [1.29, 1.82) is 0 Å². The second-order valence-electron chi connectivity index (χ2n) is 10.5. The van der Waals surface area contributed by atoms with Crippen LogP contribution in [0, 0.1) is 5.92 Å². The Labute approximate surface area is 203 Å². The van der Waals surface area contributed by atoms with E-state index in [2.05, 4.69) is 0 Å². The summed E-state index contributed by atoms with van der Waals surface area (Å²) in [4.78, 5) is 42.0. The summed E-state index contributed by atoms with van der Waals surface area (Å²) in [5.74, 6) is -1.84. The number of ether oxygens (including phenoxy) is 3. The van der Waals surface area contributed by atoms with Crippen LogP contribution in [-0.4, -0.2) is 71.6 Å². The highest BCUT2D eigenvalue weighted by molar-refractivity contribution is 5.99. The van der Waals surface area contributed by atoms with Crippen LogP contribution in [0.1, 0.15) is 38.4 Å². The number of piperidine rings is 1. The van der Waals surface area contributed by atoms with Gasteiger partial charge >= 0.3 is 18.0 Å². The van der Waals surface area contributed by atoms with E-state index in [1.165, 1.54) is 18.8 Å². The van der Waals surface area contributed by atoms with E-state index in [9.17, 15) is 19.5 Å². The minimum atomic E-state index is -1.42. The van der Waals surface area contributed by atoms with Gasteiger partial charge in [0.25, 0.3) is 0 Å². The average Bonchev–Trinajstić information content (AvgIpc) is 3.10. The Morgan fingerprint density at radius 3 is 2.46 bits per heavy atom. The highest BCUT2D eigenvalue weighted by Gasteiger charge is 2.65. The molecule has 1 N–H and O–H groups in total. The SMILES string of the molecule is COC(=O)C1=C(O)C2N3CCc4c(n(C(=O)OC(C)(C)C)c5ccccc45)C2(C(=O)OC)CC1C3. The molecule has 1 aromatic carbocycles. The first-order chi connectivity index (χ1) is 16.5. The van der Waals surface area contributed by atoms with Gasteiger partial charge in [-0.1, -0.05) is 18.2 Å². The summed E-state index contributed by atoms with van der Waals surface area (Å²) >= 11 is 0. The molecular formula is C26H30N2O7. The Bertz CT molecular complexity index is 1280. The van der Waals surface area contributed by atoms with E-state index in [-0.39, 0.29) is 17.8 Å². The first-order valence-electron chi connectivity index (χ1n) is 11.7. The largest absolute Gasteiger partial charge is 0.510 e. The van der Waals surface area contributed by atoms with Crippen LogP contribution in [-0.2, 0) is 35.6 Å². The third-order valence-electron chi connectivity index (χ3n) is 7.38. The molecule has 9 heteroatoms. The Hall–Kier alpha value is -3.33. The molecule has 1 saturated heterocycles. The van der Waals surface area contributed by atoms with Gasteiger partial charge in [-0.05, 0) is 45.2 Å². The zero-order valence-corrected chi connectivity index (χ0v) is 20.6. The lowest BCUT2D eigenvalue weighted by Crippen LogP contribution is -2.66. The molecule has 1 fully saturated rings. The number of carbonyl (C=O) groups is 3. The van der Waals surface area contributed by atoms with E-state index in [0.717, 1.165) is 10.9 Å². The molecule has 4 atom stereocenters. The molecule has 0 spiro atoms. The van der Waals surface area contributed by atoms with E-state index in [1.54, 1.807) is 20.8 Å². The molecule has 1 aromatic heterocycles. The highest BCUT2D eigenvalue weighted by atomic mass is 16.6. The van der Waals surface area contributed by atoms with Gasteiger partial charge in [-0.2, -0.15) is 0 Å². The van der Waals surface area contributed by atoms with Gasteiger partial charge in [0.05, 0.1) is 37.0 Å². The molecule has 4 unspecified atom stereocenters. The maximum absolute atomic E-state index is 13.8. The van der Waals surface area contributed by atoms with Crippen molar-refractivity contribution in [1.82, 2.24) is 9.47 Å². The van der Waals surface area contributed by atoms with Crippen molar-refractivity contribution >= 4 is 28.9 Å². The number of nitrogens with zero attached hydrogens (tertiary/aromatic N) is 2. The van der Waals surface area contributed by atoms with Gasteiger partial charge in [-0.3, -0.25) is 9.69 Å². The number of esters is 2. The fourth-order valence-electron chi connectivity index (χ4n) is 6.30. The quantitative estimate of drug-likeness (QED) is 0.514. The molecule has 4 aliphatic rings. The summed E-state index contributed by atoms with van der Waals surface area (Å²) in [6.45, 7) is 6.38. The predicted molar refractivity (Wildman–Crippen MR) is 126 cm³/mol. The van der Waals surface area contributed by atoms with E-state index in [4.69, 9.17) is 14.2 Å². The topological polar surface area (TPSA) is 107 Å². The Kier molecular flexibility index (Phi) is 5.25. The number of aliphatic hydroxyl groups is 1. The van der Waals surface area contributed by atoms with Crippen molar-refractivity contribution < 1.29 is 33.7 Å². The maximum atomic E-state index is 13.8. The van der Waals surface area contributed by atoms with Crippen LogP contribution in [0.2, 0.25) is 0 Å². The van der Waals surface area contributed by atoms with Gasteiger partial charge in [0.15, 0.2) is 0 Å². The Balaban J connectivity index is 1.86. The van der Waals surface area contributed by atoms with Gasteiger partial charge in [0.2, 0.25) is 0 Å². The molecule has 0 amide bonds. The Morgan fingerprint density at radius 2 is 1.83 bits per heavy atom. The van der Waals surface area contributed by atoms with Gasteiger partial charge < -0.3 is 19.3 Å². The summed E-state index contributed by atoms with van der Waals surface area (Å²) in [5.41, 5.74) is -0.0536. The van der Waals surface area contributed by atoms with Crippen LogP contribution in [0.5, 0.6) is 0 Å². The summed E-state index contributed by atoms with van der Waals surface area (Å²) in [6, 6.07) is 6.61. The predicted octanol–water partition coefficient (Wildman–Crippen LogP) is 3.08. The molecule has 186 valence electrons. The van der Waals surface area contributed by atoms with Gasteiger partial charge in [0.1, 0.15) is 16.8 Å². The zero-order chi connectivity index (χ0) is 25.3. The van der Waals surface area contributed by atoms with Crippen LogP contribution >= 0.6 is 0 Å². The lowest BCUT2D eigenvalue weighted by molar-refractivity contribution is -0.157. The number of hydrogen-bond acceptors (Lipinski definition) is 8. The van der Waals surface area contributed by atoms with Crippen molar-refractivity contribution in [2.24, 2.45) is 5.92 Å². The van der Waals surface area contributed by atoms with Crippen molar-refractivity contribution in [3.8, 4) is 0 Å². The zero-order valence-electron chi connectivity index (χ0n) is 20.6. The van der Waals surface area contributed by atoms with Crippen molar-refractivity contribution in [3.05, 3.63) is 46.9 Å². The summed E-state index contributed by atoms with van der Waals surface area (Å²) in [7, 11) is 2.57. The smallest absolute Gasteiger partial charge is 0.419 e. The molecule has 35 heavy (non-hydrogen) atoms. The lowest BCUT2D eigenvalue weighted by atomic mass is 9.60. The van der Waals surface area contributed by atoms with Crippen molar-refractivity contribution in [2.45, 2.75) is 50.7 Å². The van der Waals surface area contributed by atoms with Crippen LogP contribution in [0.4, 0.5) is 4.79 Å². The lowest BCUT2D eigenvalue weighted by Gasteiger charge is -2.53. The van der Waals surface area contributed by atoms with E-state index in [0.29, 0.717) is 30.7 Å². The number of benzene rings is 1. The molecule has 2 aromatic rings. The number of fused-ring (bicyclic) bond motifs is 3. The van der Waals surface area contributed by atoms with Crippen LogP contribution in [0.3, 0.4) is 0 Å². The van der Waals surface area contributed by atoms with E-state index in [1.807, 2.05) is 29.2 Å². The van der Waals surface area contributed by atoms with Crippen LogP contribution < -0.4 is 0 Å². The van der Waals surface area contributed by atoms with Crippen LogP contribution in [0.15, 0.2) is 35.6 Å². The average molecular weight is 483 g/mol. The number of aliphatic hydroxyl groups excluding tert-OH is 1. The molecule has 3 aliphatic heterocycles. The van der Waals surface area contributed by atoms with E-state index < -0.39 is 41.0 Å². The van der Waals surface area contributed by atoms with Crippen molar-refractivity contribution in [3.63, 3.8) is 0 Å². The number of hydrogen-bond donors (Lipinski definition) is 1. The highest BCUT2D eigenvalue weighted by Crippen LogP contribution is 2.55. The summed E-state index contributed by atoms with van der Waals surface area (Å²) in [6.07, 6.45) is 0.139. The molecule has 6 rings (SSSR count). The van der Waals surface area contributed by atoms with Crippen LogP contribution in [0.25, 0.3) is 10.9 Å². The minimum Gasteiger partial charge on any atom is -0.510 e. The summed E-state index contributed by atoms with van der Waals surface area (Å²) < 4.78 is 17.6. The number of rotatable bonds is 2. The fraction of sp³-hybridized carbons (Fsp3) is 0.500. The first kappa shape index (κ1) is 23.4. The number of methoxy groups -OCH3 is 2. The third-order valence-corrected chi connectivity index (χ3v) is 7.38. The van der Waals surface area contributed by atoms with Gasteiger partial charge in [-0.15, -0.1) is 0 Å². The molecule has 4 heterocycles. The summed E-state index contributed by atoms with van der Waals surface area (Å²) in [5, 5.41) is 12.3. The minimum absolute atomic E-state index is 0.191. The van der Waals surface area contributed by atoms with Gasteiger partial charge in [0, 0.05) is 24.4 Å². The van der Waals surface area contributed by atoms with E-state index >= 15 is 0 Å². The fourth-order valence-corrected chi connectivity index (χ4v) is 6.30. The number of carbonyl (C=O) groups excluding carboxylic acids is 3. The Morgan fingerprint density at radius 1 is 1.11 bits per heavy atom. The van der Waals surface area contributed by atoms with Crippen molar-refractivity contribution in [2.75, 3.05) is 27.3 Å². The second-order valence-corrected chi connectivity index (χ2v) is 10.5. The molecule has 9 nitrogen and oxygen atoms in total. The molecule has 0 radical (unpaired) electrons. The molecule has 4 bridgehead atoms. The first-order valence-corrected chi connectivity index (χ1v) is 11.7. The second kappa shape index (κ2) is 7.84. The normalized spacial score (nSPS) is 27.3. The maximum Gasteiger partial charge on any atom is 0.419 e. The molecule has 1 aliphatic carbocycles. The number of aromatic nitrogens is 1. The molecule has 0 saturated carbocycles. The van der Waals surface area contributed by atoms with Gasteiger partial charge in [-0.25, -0.2) is 14.2 Å².